The standard InChI is InChI=1S/C41H62IN3O3Si/c1-27(2)29(26-42)24-28(3)32-16-17-33-38(32,7)20-19-34-39(8)21-18-31(48-49(9,10)37(4,5)6)25-40(39)22-23-41(33,34)45-36(47)43(35(46)44(40)45)30-14-12-11-13-15-30/h11-15,22-23,27-29,31-34H,16-21,24-26H2,1-10H3/t28-,29?,31?,32-,33-,34-,38-,39-,40-,41+/m1/s1. The van der Waals surface area contributed by atoms with E-state index in [9.17, 15) is 0 Å². The summed E-state index contributed by atoms with van der Waals surface area (Å²) < 4.78 is 13.9. The van der Waals surface area contributed by atoms with Crippen LogP contribution >= 0.6 is 22.6 Å². The summed E-state index contributed by atoms with van der Waals surface area (Å²) >= 11 is 2.60. The third kappa shape index (κ3) is 4.83. The Morgan fingerprint density at radius 3 is 2.22 bits per heavy atom. The molecule has 0 radical (unpaired) electrons. The van der Waals surface area contributed by atoms with Crippen molar-refractivity contribution in [2.45, 2.75) is 142 Å². The fourth-order valence-electron chi connectivity index (χ4n) is 12.2. The van der Waals surface area contributed by atoms with Gasteiger partial charge in [0.1, 0.15) is 0 Å². The topological polar surface area (TPSA) is 58.2 Å². The van der Waals surface area contributed by atoms with E-state index in [1.54, 1.807) is 0 Å². The van der Waals surface area contributed by atoms with Gasteiger partial charge in [0, 0.05) is 22.4 Å². The summed E-state index contributed by atoms with van der Waals surface area (Å²) in [5.41, 5.74) is -0.842. The lowest BCUT2D eigenvalue weighted by molar-refractivity contribution is -0.199. The minimum atomic E-state index is -2.06. The molecular formula is C41H62IN3O3Si. The average molecular weight is 800 g/mol. The van der Waals surface area contributed by atoms with Crippen molar-refractivity contribution in [2.24, 2.45) is 46.3 Å². The van der Waals surface area contributed by atoms with Crippen molar-refractivity contribution in [1.82, 2.24) is 13.9 Å². The van der Waals surface area contributed by atoms with Gasteiger partial charge in [-0.25, -0.2) is 23.5 Å². The Labute approximate surface area is 309 Å². The second kappa shape index (κ2) is 11.8. The zero-order valence-corrected chi connectivity index (χ0v) is 35.0. The quantitative estimate of drug-likeness (QED) is 0.116. The number of para-hydroxylation sites is 1. The predicted molar refractivity (Wildman–Crippen MR) is 211 cm³/mol. The van der Waals surface area contributed by atoms with Crippen LogP contribution in [0.15, 0.2) is 52.1 Å². The third-order valence-corrected chi connectivity index (χ3v) is 21.5. The highest BCUT2D eigenvalue weighted by Crippen LogP contribution is 2.74. The monoisotopic (exact) mass is 799 g/mol. The van der Waals surface area contributed by atoms with Crippen LogP contribution in [0.25, 0.3) is 5.69 Å². The second-order valence-corrected chi connectivity index (χ2v) is 25.0. The van der Waals surface area contributed by atoms with Gasteiger partial charge in [0.15, 0.2) is 8.32 Å². The number of nitrogens with zero attached hydrogens (tertiary/aromatic N) is 3. The number of alkyl halides is 1. The molecule has 1 aromatic carbocycles. The number of halogens is 1. The first kappa shape index (κ1) is 36.0. The van der Waals surface area contributed by atoms with Crippen LogP contribution in [0.3, 0.4) is 0 Å². The van der Waals surface area contributed by atoms with Crippen LogP contribution in [0.4, 0.5) is 0 Å². The van der Waals surface area contributed by atoms with Crippen LogP contribution in [0.2, 0.25) is 18.1 Å². The van der Waals surface area contributed by atoms with Gasteiger partial charge in [-0.05, 0) is 116 Å². The Balaban J connectivity index is 1.40. The van der Waals surface area contributed by atoms with E-state index in [0.29, 0.717) is 35.3 Å². The summed E-state index contributed by atoms with van der Waals surface area (Å²) in [4.78, 5) is 30.1. The number of aromatic nitrogens is 3. The maximum absolute atomic E-state index is 15.1. The predicted octanol–water partition coefficient (Wildman–Crippen LogP) is 9.53. The number of hydrogen-bond donors (Lipinski definition) is 0. The average Bonchev–Trinajstić information content (AvgIpc) is 3.54. The normalized spacial score (nSPS) is 37.8. The maximum Gasteiger partial charge on any atom is 0.352 e. The van der Waals surface area contributed by atoms with Crippen molar-refractivity contribution in [1.29, 1.82) is 0 Å². The Bertz CT molecular complexity index is 1740. The zero-order chi connectivity index (χ0) is 35.5. The van der Waals surface area contributed by atoms with Gasteiger partial charge in [0.25, 0.3) is 0 Å². The largest absolute Gasteiger partial charge is 0.414 e. The van der Waals surface area contributed by atoms with Gasteiger partial charge in [0.2, 0.25) is 0 Å². The Kier molecular flexibility index (Phi) is 8.67. The van der Waals surface area contributed by atoms with Crippen LogP contribution in [0, 0.1) is 46.3 Å². The van der Waals surface area contributed by atoms with Crippen molar-refractivity contribution in [3.8, 4) is 5.69 Å². The molecule has 6 aliphatic rings. The van der Waals surface area contributed by atoms with Crippen LogP contribution in [0.5, 0.6) is 0 Å². The number of fused-ring (bicyclic) bond motifs is 1. The van der Waals surface area contributed by atoms with Crippen molar-refractivity contribution in [3.05, 3.63) is 63.5 Å². The molecule has 2 bridgehead atoms. The number of allylic oxidation sites excluding steroid dienone is 2. The molecular weight excluding hydrogens is 737 g/mol. The molecule has 0 amide bonds. The first-order valence-electron chi connectivity index (χ1n) is 19.4. The van der Waals surface area contributed by atoms with E-state index in [0.717, 1.165) is 38.0 Å². The van der Waals surface area contributed by atoms with Crippen molar-refractivity contribution in [3.63, 3.8) is 0 Å². The molecule has 6 nitrogen and oxygen atoms in total. The first-order valence-corrected chi connectivity index (χ1v) is 23.8. The molecule has 2 aliphatic heterocycles. The van der Waals surface area contributed by atoms with Crippen LogP contribution < -0.4 is 11.4 Å². The number of rotatable bonds is 8. The van der Waals surface area contributed by atoms with E-state index in [1.165, 1.54) is 28.3 Å². The van der Waals surface area contributed by atoms with E-state index < -0.39 is 19.4 Å². The van der Waals surface area contributed by atoms with Gasteiger partial charge in [-0.15, -0.1) is 0 Å². The lowest BCUT2D eigenvalue weighted by Gasteiger charge is -2.71. The van der Waals surface area contributed by atoms with Crippen LogP contribution in [-0.4, -0.2) is 32.8 Å². The summed E-state index contributed by atoms with van der Waals surface area (Å²) in [5.74, 6) is 3.28. The first-order chi connectivity index (χ1) is 22.9. The molecule has 8 heteroatoms. The molecule has 2 unspecified atom stereocenters. The highest BCUT2D eigenvalue weighted by molar-refractivity contribution is 14.1. The molecule has 0 N–H and O–H groups in total. The van der Waals surface area contributed by atoms with E-state index >= 15 is 9.59 Å². The molecule has 49 heavy (non-hydrogen) atoms. The Hall–Kier alpha value is -1.39. The fraction of sp³-hybridized carbons (Fsp3) is 0.756. The molecule has 3 fully saturated rings. The van der Waals surface area contributed by atoms with Crippen LogP contribution in [0.1, 0.15) is 107 Å². The van der Waals surface area contributed by atoms with Gasteiger partial charge in [0.05, 0.1) is 16.8 Å². The smallest absolute Gasteiger partial charge is 0.352 e. The maximum atomic E-state index is 15.1. The van der Waals surface area contributed by atoms with Crippen molar-refractivity contribution >= 4 is 30.9 Å². The summed E-state index contributed by atoms with van der Waals surface area (Å²) in [7, 11) is -2.06. The summed E-state index contributed by atoms with van der Waals surface area (Å²) in [6, 6.07) is 9.65. The molecule has 0 saturated heterocycles. The highest BCUT2D eigenvalue weighted by Gasteiger charge is 2.75. The minimum absolute atomic E-state index is 0.0529. The molecule has 2 spiro atoms. The van der Waals surface area contributed by atoms with Gasteiger partial charge < -0.3 is 4.43 Å². The third-order valence-electron chi connectivity index (χ3n) is 15.9. The van der Waals surface area contributed by atoms with Crippen molar-refractivity contribution in [2.75, 3.05) is 4.43 Å². The second-order valence-electron chi connectivity index (χ2n) is 19.4. The van der Waals surface area contributed by atoms with Gasteiger partial charge in [-0.1, -0.05) is 108 Å². The molecule has 3 heterocycles. The van der Waals surface area contributed by atoms with Crippen molar-refractivity contribution < 1.29 is 4.43 Å². The molecule has 2 aromatic rings. The SMILES string of the molecule is CC(C)C(CI)C[C@@H](C)[C@H]1CC[C@@H]2[C@]1(C)CC[C@H]1[C@]23C=C[C@]2(CC(O[Si](C)(C)C(C)(C)C)CC[C@]12C)n1c(=O)n(-c2ccccc2)c(=O)n13. The van der Waals surface area contributed by atoms with E-state index in [-0.39, 0.29) is 33.4 Å². The summed E-state index contributed by atoms with van der Waals surface area (Å²) in [5, 5.41) is 0.0982. The van der Waals surface area contributed by atoms with E-state index in [1.807, 2.05) is 35.0 Å². The van der Waals surface area contributed by atoms with Gasteiger partial charge in [-0.2, -0.15) is 0 Å². The molecule has 3 saturated carbocycles. The van der Waals surface area contributed by atoms with Gasteiger partial charge >= 0.3 is 11.4 Å². The molecule has 4 aliphatic carbocycles. The molecule has 1 aromatic heterocycles. The molecule has 270 valence electrons. The highest BCUT2D eigenvalue weighted by atomic mass is 127. The fourth-order valence-corrected chi connectivity index (χ4v) is 15.0. The molecule has 8 rings (SSSR count). The zero-order valence-electron chi connectivity index (χ0n) is 31.9. The number of hydrogen-bond acceptors (Lipinski definition) is 3. The minimum Gasteiger partial charge on any atom is -0.414 e. The number of benzene rings is 1. The lowest BCUT2D eigenvalue weighted by Crippen LogP contribution is -2.76. The summed E-state index contributed by atoms with van der Waals surface area (Å²) in [6.45, 7) is 24.0. The lowest BCUT2D eigenvalue weighted by atomic mass is 9.40. The van der Waals surface area contributed by atoms with Crippen LogP contribution in [-0.2, 0) is 15.5 Å². The molecule has 10 atom stereocenters. The van der Waals surface area contributed by atoms with E-state index in [4.69, 9.17) is 4.43 Å². The van der Waals surface area contributed by atoms with Gasteiger partial charge in [-0.3, -0.25) is 0 Å². The Morgan fingerprint density at radius 2 is 1.59 bits per heavy atom. The van der Waals surface area contributed by atoms with E-state index in [2.05, 4.69) is 108 Å². The Morgan fingerprint density at radius 1 is 0.918 bits per heavy atom. The summed E-state index contributed by atoms with van der Waals surface area (Å²) in [6.07, 6.45) is 13.6.